The third-order valence-corrected chi connectivity index (χ3v) is 4.36. The van der Waals surface area contributed by atoms with Gasteiger partial charge in [0.25, 0.3) is 0 Å². The van der Waals surface area contributed by atoms with Gasteiger partial charge in [-0.15, -0.1) is 0 Å². The number of rotatable bonds is 4. The molecule has 1 aromatic rings. The summed E-state index contributed by atoms with van der Waals surface area (Å²) in [6, 6.07) is 0. The summed E-state index contributed by atoms with van der Waals surface area (Å²) in [7, 11) is -3.66. The second kappa shape index (κ2) is 4.94. The van der Waals surface area contributed by atoms with E-state index in [2.05, 4.69) is 14.7 Å². The Balaban J connectivity index is 1.98. The van der Waals surface area contributed by atoms with E-state index in [4.69, 9.17) is 5.11 Å². The van der Waals surface area contributed by atoms with Crippen molar-refractivity contribution < 1.29 is 18.3 Å². The molecule has 1 saturated heterocycles. The van der Waals surface area contributed by atoms with E-state index in [1.54, 1.807) is 0 Å². The lowest BCUT2D eigenvalue weighted by atomic mass is 9.99. The van der Waals surface area contributed by atoms with Gasteiger partial charge in [0.15, 0.2) is 0 Å². The summed E-state index contributed by atoms with van der Waals surface area (Å²) >= 11 is 0. The van der Waals surface area contributed by atoms with E-state index in [0.717, 1.165) is 0 Å². The number of aromatic amines is 1. The maximum absolute atomic E-state index is 11.9. The molecule has 9 heteroatoms. The van der Waals surface area contributed by atoms with Crippen LogP contribution >= 0.6 is 0 Å². The normalized spacial score (nSPS) is 18.7. The molecule has 0 spiro atoms. The number of carbonyl (C=O) groups is 1. The Morgan fingerprint density at radius 2 is 2.17 bits per heavy atom. The van der Waals surface area contributed by atoms with Gasteiger partial charge >= 0.3 is 16.2 Å². The fourth-order valence-corrected chi connectivity index (χ4v) is 3.03. The average Bonchev–Trinajstić information content (AvgIpc) is 2.81. The average molecular weight is 274 g/mol. The van der Waals surface area contributed by atoms with Crippen LogP contribution in [-0.4, -0.2) is 46.9 Å². The SMILES string of the molecule is O=C(O)C1CCN(S(=O)(=O)Nc2ncc[nH]2)CC1. The Kier molecular flexibility index (Phi) is 3.53. The molecular weight excluding hydrogens is 260 g/mol. The van der Waals surface area contributed by atoms with Crippen molar-refractivity contribution in [2.75, 3.05) is 17.8 Å². The minimum absolute atomic E-state index is 0.148. The van der Waals surface area contributed by atoms with Gasteiger partial charge in [0, 0.05) is 25.5 Å². The summed E-state index contributed by atoms with van der Waals surface area (Å²) in [5, 5.41) is 8.84. The minimum atomic E-state index is -3.66. The van der Waals surface area contributed by atoms with Gasteiger partial charge < -0.3 is 10.1 Å². The predicted octanol–water partition coefficient (Wildman–Crippen LogP) is -0.137. The maximum atomic E-state index is 11.9. The van der Waals surface area contributed by atoms with Crippen molar-refractivity contribution in [1.29, 1.82) is 0 Å². The van der Waals surface area contributed by atoms with E-state index < -0.39 is 22.1 Å². The Morgan fingerprint density at radius 3 is 2.67 bits per heavy atom. The molecule has 0 saturated carbocycles. The summed E-state index contributed by atoms with van der Waals surface area (Å²) < 4.78 is 27.4. The van der Waals surface area contributed by atoms with E-state index in [1.165, 1.54) is 16.7 Å². The molecule has 18 heavy (non-hydrogen) atoms. The number of nitrogens with one attached hydrogen (secondary N) is 2. The number of imidazole rings is 1. The molecule has 0 aromatic carbocycles. The zero-order valence-corrected chi connectivity index (χ0v) is 10.4. The van der Waals surface area contributed by atoms with Crippen LogP contribution in [0.4, 0.5) is 5.95 Å². The summed E-state index contributed by atoms with van der Waals surface area (Å²) in [6.07, 6.45) is 3.60. The Labute approximate surface area is 104 Å². The van der Waals surface area contributed by atoms with E-state index in [9.17, 15) is 13.2 Å². The maximum Gasteiger partial charge on any atom is 0.306 e. The summed E-state index contributed by atoms with van der Waals surface area (Å²) in [5.74, 6) is -1.18. The van der Waals surface area contributed by atoms with E-state index in [-0.39, 0.29) is 19.0 Å². The second-order valence-electron chi connectivity index (χ2n) is 4.06. The highest BCUT2D eigenvalue weighted by molar-refractivity contribution is 7.90. The van der Waals surface area contributed by atoms with Crippen LogP contribution in [0.2, 0.25) is 0 Å². The summed E-state index contributed by atoms with van der Waals surface area (Å²) in [5.41, 5.74) is 0. The molecule has 1 fully saturated rings. The number of nitrogens with zero attached hydrogens (tertiary/aromatic N) is 2. The highest BCUT2D eigenvalue weighted by Gasteiger charge is 2.31. The number of hydrogen-bond acceptors (Lipinski definition) is 4. The van der Waals surface area contributed by atoms with E-state index in [0.29, 0.717) is 12.8 Å². The van der Waals surface area contributed by atoms with Crippen molar-refractivity contribution >= 4 is 22.1 Å². The fourth-order valence-electron chi connectivity index (χ4n) is 1.85. The predicted molar refractivity (Wildman–Crippen MR) is 63.1 cm³/mol. The first-order chi connectivity index (χ1) is 8.49. The first-order valence-corrected chi connectivity index (χ1v) is 6.93. The Hall–Kier alpha value is -1.61. The molecule has 0 bridgehead atoms. The molecule has 2 rings (SSSR count). The van der Waals surface area contributed by atoms with Gasteiger partial charge in [-0.05, 0) is 12.8 Å². The number of piperidine rings is 1. The standard InChI is InChI=1S/C9H14N4O4S/c14-8(15)7-1-5-13(6-2-7)18(16,17)12-9-10-3-4-11-9/h3-4,7H,1-2,5-6H2,(H,14,15)(H2,10,11,12). The molecule has 8 nitrogen and oxygen atoms in total. The summed E-state index contributed by atoms with van der Waals surface area (Å²) in [6.45, 7) is 0.403. The van der Waals surface area contributed by atoms with Gasteiger partial charge in [-0.1, -0.05) is 0 Å². The number of carboxylic acids is 1. The van der Waals surface area contributed by atoms with Crippen LogP contribution < -0.4 is 4.72 Å². The van der Waals surface area contributed by atoms with Crippen LogP contribution in [0, 0.1) is 5.92 Å². The smallest absolute Gasteiger partial charge is 0.306 e. The fraction of sp³-hybridized carbons (Fsp3) is 0.556. The van der Waals surface area contributed by atoms with Crippen LogP contribution in [0.1, 0.15) is 12.8 Å². The molecule has 0 atom stereocenters. The van der Waals surface area contributed by atoms with Crippen molar-refractivity contribution in [3.63, 3.8) is 0 Å². The molecule has 0 amide bonds. The van der Waals surface area contributed by atoms with Gasteiger partial charge in [0.1, 0.15) is 0 Å². The zero-order valence-electron chi connectivity index (χ0n) is 9.54. The lowest BCUT2D eigenvalue weighted by Gasteiger charge is -2.28. The van der Waals surface area contributed by atoms with Gasteiger partial charge in [-0.3, -0.25) is 4.79 Å². The first kappa shape index (κ1) is 12.8. The molecule has 0 radical (unpaired) electrons. The quantitative estimate of drug-likeness (QED) is 0.707. The van der Waals surface area contributed by atoms with Crippen LogP contribution in [0.15, 0.2) is 12.4 Å². The van der Waals surface area contributed by atoms with Crippen LogP contribution in [0.25, 0.3) is 0 Å². The van der Waals surface area contributed by atoms with Crippen molar-refractivity contribution in [2.24, 2.45) is 5.92 Å². The molecule has 1 aromatic heterocycles. The minimum Gasteiger partial charge on any atom is -0.481 e. The van der Waals surface area contributed by atoms with Gasteiger partial charge in [-0.2, -0.15) is 12.7 Å². The molecule has 3 N–H and O–H groups in total. The Morgan fingerprint density at radius 1 is 1.50 bits per heavy atom. The molecule has 1 aliphatic rings. The Bertz CT molecular complexity index is 505. The lowest BCUT2D eigenvalue weighted by molar-refractivity contribution is -0.142. The van der Waals surface area contributed by atoms with Crippen LogP contribution in [0.3, 0.4) is 0 Å². The number of anilines is 1. The van der Waals surface area contributed by atoms with E-state index >= 15 is 0 Å². The number of H-pyrrole nitrogens is 1. The zero-order chi connectivity index (χ0) is 13.2. The van der Waals surface area contributed by atoms with Crippen molar-refractivity contribution in [1.82, 2.24) is 14.3 Å². The number of aliphatic carboxylic acids is 1. The second-order valence-corrected chi connectivity index (χ2v) is 5.73. The van der Waals surface area contributed by atoms with Crippen LogP contribution in [-0.2, 0) is 15.0 Å². The van der Waals surface area contributed by atoms with Crippen molar-refractivity contribution in [3.05, 3.63) is 12.4 Å². The highest BCUT2D eigenvalue weighted by Crippen LogP contribution is 2.20. The molecule has 0 aliphatic carbocycles. The third-order valence-electron chi connectivity index (χ3n) is 2.87. The first-order valence-electron chi connectivity index (χ1n) is 5.49. The van der Waals surface area contributed by atoms with E-state index in [1.807, 2.05) is 0 Å². The van der Waals surface area contributed by atoms with Gasteiger partial charge in [0.2, 0.25) is 5.95 Å². The lowest BCUT2D eigenvalue weighted by Crippen LogP contribution is -2.43. The topological polar surface area (TPSA) is 115 Å². The molecule has 2 heterocycles. The monoisotopic (exact) mass is 274 g/mol. The number of hydrogen-bond donors (Lipinski definition) is 3. The molecule has 0 unspecified atom stereocenters. The van der Waals surface area contributed by atoms with Crippen LogP contribution in [0.5, 0.6) is 0 Å². The van der Waals surface area contributed by atoms with Crippen molar-refractivity contribution in [3.8, 4) is 0 Å². The van der Waals surface area contributed by atoms with Gasteiger partial charge in [0.05, 0.1) is 5.92 Å². The highest BCUT2D eigenvalue weighted by atomic mass is 32.2. The molecular formula is C9H14N4O4S. The summed E-state index contributed by atoms with van der Waals surface area (Å²) in [4.78, 5) is 17.2. The van der Waals surface area contributed by atoms with Gasteiger partial charge in [-0.25, -0.2) is 9.71 Å². The third kappa shape index (κ3) is 2.79. The number of carboxylic acid groups (broad SMARTS) is 1. The largest absolute Gasteiger partial charge is 0.481 e. The number of aromatic nitrogens is 2. The van der Waals surface area contributed by atoms with Crippen molar-refractivity contribution in [2.45, 2.75) is 12.8 Å². The molecule has 1 aliphatic heterocycles. The molecule has 100 valence electrons.